The number of aliphatic imine (C=N–C) groups is 2. The van der Waals surface area contributed by atoms with Crippen LogP contribution in [0.15, 0.2) is 40.5 Å². The van der Waals surface area contributed by atoms with Crippen LogP contribution in [0.1, 0.15) is 12.6 Å². The zero-order valence-electron chi connectivity index (χ0n) is 15.6. The van der Waals surface area contributed by atoms with E-state index in [9.17, 15) is 13.6 Å². The van der Waals surface area contributed by atoms with Crippen molar-refractivity contribution in [3.8, 4) is 0 Å². The maximum Gasteiger partial charge on any atom is 0.269 e. The number of anilines is 1. The fraction of sp³-hybridized carbons (Fsp3) is 0.333. The van der Waals surface area contributed by atoms with Gasteiger partial charge in [-0.2, -0.15) is 0 Å². The van der Waals surface area contributed by atoms with Crippen LogP contribution >= 0.6 is 0 Å². The Kier molecular flexibility index (Phi) is 5.50. The molecule has 3 heterocycles. The van der Waals surface area contributed by atoms with Gasteiger partial charge in [0.1, 0.15) is 17.7 Å². The third kappa shape index (κ3) is 4.06. The Bertz CT molecular complexity index is 972. The van der Waals surface area contributed by atoms with Crippen LogP contribution in [0.3, 0.4) is 0 Å². The van der Waals surface area contributed by atoms with E-state index in [4.69, 9.17) is 5.73 Å². The molecule has 1 amide bonds. The summed E-state index contributed by atoms with van der Waals surface area (Å²) in [4.78, 5) is 25.9. The van der Waals surface area contributed by atoms with Crippen molar-refractivity contribution >= 4 is 29.7 Å². The zero-order valence-corrected chi connectivity index (χ0v) is 15.6. The predicted molar refractivity (Wildman–Crippen MR) is 104 cm³/mol. The van der Waals surface area contributed by atoms with E-state index in [1.807, 2.05) is 0 Å². The second kappa shape index (κ2) is 7.85. The lowest BCUT2D eigenvalue weighted by Crippen LogP contribution is -2.30. The molecule has 8 nitrogen and oxygen atoms in total. The molecule has 28 heavy (non-hydrogen) atoms. The number of likely N-dealkylation sites (tertiary alicyclic amines) is 1. The van der Waals surface area contributed by atoms with Crippen molar-refractivity contribution in [3.63, 3.8) is 0 Å². The molecular weight excluding hydrogens is 368 g/mol. The quantitative estimate of drug-likeness (QED) is 0.760. The third-order valence-corrected chi connectivity index (χ3v) is 4.36. The van der Waals surface area contributed by atoms with Gasteiger partial charge in [-0.15, -0.1) is 0 Å². The monoisotopic (exact) mass is 389 g/mol. The van der Waals surface area contributed by atoms with E-state index in [0.717, 1.165) is 0 Å². The normalized spacial score (nSPS) is 20.7. The lowest BCUT2D eigenvalue weighted by atomic mass is 10.3. The lowest BCUT2D eigenvalue weighted by Gasteiger charge is -2.16. The fourth-order valence-corrected chi connectivity index (χ4v) is 2.88. The Hall–Kier alpha value is -3.14. The summed E-state index contributed by atoms with van der Waals surface area (Å²) in [6, 6.07) is 0.585. The van der Waals surface area contributed by atoms with Crippen LogP contribution in [-0.4, -0.2) is 57.9 Å². The Morgan fingerprint density at radius 3 is 2.86 bits per heavy atom. The standard InChI is InChI=1S/C18H21F2N7O/c1-10-6-27-7-12(4-13(19)17(27)24-10)25-18(28)11(2)23-5-16(22-3)26-8-14(20)15(21)9-26/h4-7,14-15H,3,8-9,21H2,1-2H3,(H,25,28)/b16-5+,23-11+. The van der Waals surface area contributed by atoms with E-state index in [2.05, 4.69) is 27.0 Å². The van der Waals surface area contributed by atoms with Gasteiger partial charge in [-0.05, 0) is 20.6 Å². The van der Waals surface area contributed by atoms with Crippen molar-refractivity contribution in [2.24, 2.45) is 15.7 Å². The Labute approximate surface area is 160 Å². The maximum atomic E-state index is 14.1. The van der Waals surface area contributed by atoms with Gasteiger partial charge in [-0.25, -0.2) is 18.8 Å². The number of amides is 1. The van der Waals surface area contributed by atoms with Gasteiger partial charge in [0.05, 0.1) is 30.2 Å². The number of hydrogen-bond acceptors (Lipinski definition) is 6. The summed E-state index contributed by atoms with van der Waals surface area (Å²) in [5, 5.41) is 2.58. The van der Waals surface area contributed by atoms with Crippen molar-refractivity contribution < 1.29 is 13.6 Å². The average Bonchev–Trinajstić information content (AvgIpc) is 3.17. The summed E-state index contributed by atoms with van der Waals surface area (Å²) in [5.74, 6) is -0.745. The molecule has 0 bridgehead atoms. The number of nitrogens with one attached hydrogen (secondary N) is 1. The van der Waals surface area contributed by atoms with Crippen molar-refractivity contribution in [2.45, 2.75) is 26.1 Å². The molecule has 1 aliphatic rings. The molecule has 2 atom stereocenters. The smallest absolute Gasteiger partial charge is 0.269 e. The maximum absolute atomic E-state index is 14.1. The Balaban J connectivity index is 1.74. The highest BCUT2D eigenvalue weighted by molar-refractivity contribution is 6.42. The molecule has 10 heteroatoms. The van der Waals surface area contributed by atoms with E-state index < -0.39 is 23.9 Å². The number of alkyl halides is 1. The molecule has 0 aliphatic carbocycles. The number of aryl methyl sites for hydroxylation is 1. The van der Waals surface area contributed by atoms with Crippen LogP contribution in [0.25, 0.3) is 5.65 Å². The lowest BCUT2D eigenvalue weighted by molar-refractivity contribution is -0.110. The highest BCUT2D eigenvalue weighted by Gasteiger charge is 2.30. The minimum Gasteiger partial charge on any atom is -0.351 e. The van der Waals surface area contributed by atoms with Gasteiger partial charge in [0.2, 0.25) is 0 Å². The number of pyridine rings is 1. The number of nitrogens with zero attached hydrogens (tertiary/aromatic N) is 5. The number of carbonyl (C=O) groups is 1. The van der Waals surface area contributed by atoms with Gasteiger partial charge in [-0.1, -0.05) is 0 Å². The molecule has 2 aromatic rings. The van der Waals surface area contributed by atoms with Gasteiger partial charge in [0.25, 0.3) is 5.91 Å². The minimum atomic E-state index is -1.16. The molecule has 3 rings (SSSR count). The van der Waals surface area contributed by atoms with Crippen LogP contribution in [0.4, 0.5) is 14.5 Å². The third-order valence-electron chi connectivity index (χ3n) is 4.36. The average molecular weight is 389 g/mol. The van der Waals surface area contributed by atoms with Gasteiger partial charge >= 0.3 is 0 Å². The van der Waals surface area contributed by atoms with Crippen LogP contribution in [0.5, 0.6) is 0 Å². The largest absolute Gasteiger partial charge is 0.351 e. The molecule has 148 valence electrons. The zero-order chi connectivity index (χ0) is 20.4. The summed E-state index contributed by atoms with van der Waals surface area (Å²) in [7, 11) is 0. The first-order valence-corrected chi connectivity index (χ1v) is 8.60. The van der Waals surface area contributed by atoms with Crippen LogP contribution in [-0.2, 0) is 4.79 Å². The number of halogens is 2. The Morgan fingerprint density at radius 1 is 1.46 bits per heavy atom. The summed E-state index contributed by atoms with van der Waals surface area (Å²) in [5.41, 5.74) is 6.88. The molecular formula is C18H21F2N7O. The molecule has 2 unspecified atom stereocenters. The van der Waals surface area contributed by atoms with Gasteiger partial charge in [0, 0.05) is 25.0 Å². The summed E-state index contributed by atoms with van der Waals surface area (Å²) < 4.78 is 29.2. The number of nitrogens with two attached hydrogens (primary N) is 1. The SMILES string of the molecule is C=N/C(=C\N=C(/C)C(=O)Nc1cc(F)c2nc(C)cn2c1)N1CC(N)C(F)C1. The van der Waals surface area contributed by atoms with Crippen LogP contribution < -0.4 is 11.1 Å². The molecule has 0 saturated carbocycles. The summed E-state index contributed by atoms with van der Waals surface area (Å²) in [6.07, 6.45) is 3.38. The Morgan fingerprint density at radius 2 is 2.21 bits per heavy atom. The molecule has 0 spiro atoms. The fourth-order valence-electron chi connectivity index (χ4n) is 2.88. The molecule has 1 fully saturated rings. The number of carbonyl (C=O) groups excluding carboxylic acids is 1. The van der Waals surface area contributed by atoms with E-state index >= 15 is 0 Å². The molecule has 1 aliphatic heterocycles. The highest BCUT2D eigenvalue weighted by Crippen LogP contribution is 2.18. The first kappa shape index (κ1) is 19.6. The molecule has 1 saturated heterocycles. The van der Waals surface area contributed by atoms with Gasteiger partial charge in [0.15, 0.2) is 11.5 Å². The topological polar surface area (TPSA) is 100 Å². The number of fused-ring (bicyclic) bond motifs is 1. The second-order valence-corrected chi connectivity index (χ2v) is 6.59. The van der Waals surface area contributed by atoms with Gasteiger partial charge < -0.3 is 20.4 Å². The molecule has 3 N–H and O–H groups in total. The van der Waals surface area contributed by atoms with Crippen molar-refractivity contribution in [3.05, 3.63) is 42.0 Å². The highest BCUT2D eigenvalue weighted by atomic mass is 19.1. The van der Waals surface area contributed by atoms with Crippen molar-refractivity contribution in [1.29, 1.82) is 0 Å². The second-order valence-electron chi connectivity index (χ2n) is 6.59. The molecule has 2 aromatic heterocycles. The first-order valence-electron chi connectivity index (χ1n) is 8.60. The minimum absolute atomic E-state index is 0.0936. The van der Waals surface area contributed by atoms with Crippen LogP contribution in [0, 0.1) is 12.7 Å². The number of rotatable bonds is 5. The molecule has 0 radical (unpaired) electrons. The summed E-state index contributed by atoms with van der Waals surface area (Å²) in [6.45, 7) is 7.07. The van der Waals surface area contributed by atoms with Crippen molar-refractivity contribution in [2.75, 3.05) is 18.4 Å². The van der Waals surface area contributed by atoms with Gasteiger partial charge in [-0.3, -0.25) is 9.79 Å². The molecule has 0 aromatic carbocycles. The van der Waals surface area contributed by atoms with E-state index in [0.29, 0.717) is 11.5 Å². The number of imidazole rings is 1. The number of hydrogen-bond donors (Lipinski definition) is 2. The summed E-state index contributed by atoms with van der Waals surface area (Å²) >= 11 is 0. The number of aromatic nitrogens is 2. The van der Waals surface area contributed by atoms with E-state index in [1.165, 1.54) is 23.6 Å². The van der Waals surface area contributed by atoms with Crippen molar-refractivity contribution in [1.82, 2.24) is 14.3 Å². The van der Waals surface area contributed by atoms with Crippen LogP contribution in [0.2, 0.25) is 0 Å². The first-order chi connectivity index (χ1) is 13.3. The van der Waals surface area contributed by atoms with E-state index in [-0.39, 0.29) is 30.1 Å². The van der Waals surface area contributed by atoms with E-state index in [1.54, 1.807) is 24.2 Å². The predicted octanol–water partition coefficient (Wildman–Crippen LogP) is 1.66.